The van der Waals surface area contributed by atoms with Crippen molar-refractivity contribution in [3.63, 3.8) is 0 Å². The minimum Gasteiger partial charge on any atom is -0.478 e. The molecule has 0 fully saturated rings. The van der Waals surface area contributed by atoms with Gasteiger partial charge in [-0.1, -0.05) is 13.8 Å². The summed E-state index contributed by atoms with van der Waals surface area (Å²) in [5.74, 6) is -1.32. The molecule has 7 nitrogen and oxygen atoms in total. The second-order valence-corrected chi connectivity index (χ2v) is 4.95. The van der Waals surface area contributed by atoms with Gasteiger partial charge in [-0.2, -0.15) is 0 Å². The third-order valence-electron chi connectivity index (χ3n) is 3.32. The molecule has 7 heteroatoms. The van der Waals surface area contributed by atoms with Crippen LogP contribution in [-0.4, -0.2) is 25.2 Å². The number of rotatable bonds is 2. The van der Waals surface area contributed by atoms with E-state index in [4.69, 9.17) is 0 Å². The van der Waals surface area contributed by atoms with Crippen molar-refractivity contribution in [2.24, 2.45) is 14.1 Å². The van der Waals surface area contributed by atoms with Crippen molar-refractivity contribution in [1.82, 2.24) is 14.1 Å². The lowest BCUT2D eigenvalue weighted by atomic mass is 9.95. The molecule has 2 heterocycles. The Morgan fingerprint density at radius 1 is 1.25 bits per heavy atom. The molecule has 0 amide bonds. The Hall–Kier alpha value is -2.44. The number of carbonyl (C=O) groups is 1. The Bertz CT molecular complexity index is 830. The van der Waals surface area contributed by atoms with E-state index in [9.17, 15) is 19.5 Å². The van der Waals surface area contributed by atoms with E-state index in [1.807, 2.05) is 0 Å². The molecular formula is C13H15N3O4. The maximum atomic E-state index is 12.3. The van der Waals surface area contributed by atoms with Crippen molar-refractivity contribution >= 4 is 17.0 Å². The van der Waals surface area contributed by atoms with Gasteiger partial charge in [0.05, 0.1) is 10.9 Å². The molecule has 0 unspecified atom stereocenters. The third kappa shape index (κ3) is 1.82. The molecule has 0 aliphatic carbocycles. The number of hydrogen-bond donors (Lipinski definition) is 1. The Morgan fingerprint density at radius 3 is 2.35 bits per heavy atom. The van der Waals surface area contributed by atoms with Gasteiger partial charge in [-0.15, -0.1) is 0 Å². The Balaban J connectivity index is 3.18. The van der Waals surface area contributed by atoms with Gasteiger partial charge >= 0.3 is 11.7 Å². The van der Waals surface area contributed by atoms with Crippen LogP contribution in [0.5, 0.6) is 0 Å². The molecule has 0 atom stereocenters. The van der Waals surface area contributed by atoms with E-state index in [0.29, 0.717) is 5.56 Å². The highest BCUT2D eigenvalue weighted by Gasteiger charge is 2.22. The van der Waals surface area contributed by atoms with E-state index in [-0.39, 0.29) is 22.5 Å². The van der Waals surface area contributed by atoms with Crippen molar-refractivity contribution in [1.29, 1.82) is 0 Å². The fourth-order valence-corrected chi connectivity index (χ4v) is 2.32. The fraction of sp³-hybridized carbons (Fsp3) is 0.385. The van der Waals surface area contributed by atoms with Crippen LogP contribution in [0.3, 0.4) is 0 Å². The topological polar surface area (TPSA) is 94.2 Å². The predicted octanol–water partition coefficient (Wildman–Crippen LogP) is 0.454. The van der Waals surface area contributed by atoms with Crippen LogP contribution in [0.15, 0.2) is 15.8 Å². The number of aromatic nitrogens is 3. The highest BCUT2D eigenvalue weighted by Crippen LogP contribution is 2.24. The molecule has 106 valence electrons. The van der Waals surface area contributed by atoms with E-state index < -0.39 is 17.2 Å². The second kappa shape index (κ2) is 4.59. The number of aryl methyl sites for hydroxylation is 1. The quantitative estimate of drug-likeness (QED) is 0.860. The van der Waals surface area contributed by atoms with Gasteiger partial charge in [0.15, 0.2) is 0 Å². The molecule has 2 aromatic heterocycles. The lowest BCUT2D eigenvalue weighted by molar-refractivity contribution is 0.0695. The summed E-state index contributed by atoms with van der Waals surface area (Å²) in [5, 5.41) is 9.43. The molecular weight excluding hydrogens is 262 g/mol. The van der Waals surface area contributed by atoms with Crippen LogP contribution in [0.25, 0.3) is 11.0 Å². The van der Waals surface area contributed by atoms with Crippen LogP contribution in [0.2, 0.25) is 0 Å². The summed E-state index contributed by atoms with van der Waals surface area (Å²) in [6.07, 6.45) is 1.19. The molecule has 20 heavy (non-hydrogen) atoms. The summed E-state index contributed by atoms with van der Waals surface area (Å²) < 4.78 is 2.20. The first-order chi connectivity index (χ1) is 9.27. The van der Waals surface area contributed by atoms with E-state index in [1.165, 1.54) is 24.9 Å². The molecule has 0 radical (unpaired) electrons. The number of fused-ring (bicyclic) bond motifs is 1. The predicted molar refractivity (Wildman–Crippen MR) is 73.3 cm³/mol. The lowest BCUT2D eigenvalue weighted by Crippen LogP contribution is -2.38. The van der Waals surface area contributed by atoms with Crippen molar-refractivity contribution in [2.45, 2.75) is 19.8 Å². The number of pyridine rings is 1. The lowest BCUT2D eigenvalue weighted by Gasteiger charge is -2.14. The Labute approximate surface area is 114 Å². The standard InChI is InChI=1S/C13H15N3O4/c1-6(2)8-7(12(18)19)5-14-10-9(8)11(17)16(4)13(20)15(10)3/h5-6H,1-4H3,(H,18,19). The van der Waals surface area contributed by atoms with Gasteiger partial charge in [-0.25, -0.2) is 14.6 Å². The van der Waals surface area contributed by atoms with Crippen LogP contribution in [-0.2, 0) is 14.1 Å². The fourth-order valence-electron chi connectivity index (χ4n) is 2.32. The molecule has 0 bridgehead atoms. The average molecular weight is 277 g/mol. The van der Waals surface area contributed by atoms with Crippen LogP contribution in [0, 0.1) is 0 Å². The first kappa shape index (κ1) is 14.0. The van der Waals surface area contributed by atoms with Gasteiger partial charge in [0, 0.05) is 20.3 Å². The van der Waals surface area contributed by atoms with Crippen LogP contribution in [0.1, 0.15) is 35.7 Å². The first-order valence-corrected chi connectivity index (χ1v) is 6.09. The molecule has 1 N–H and O–H groups in total. The van der Waals surface area contributed by atoms with E-state index in [1.54, 1.807) is 13.8 Å². The summed E-state index contributed by atoms with van der Waals surface area (Å²) in [5.41, 5.74) is -0.427. The molecule has 0 saturated carbocycles. The van der Waals surface area contributed by atoms with E-state index >= 15 is 0 Å². The number of hydrogen-bond acceptors (Lipinski definition) is 4. The monoisotopic (exact) mass is 277 g/mol. The molecule has 0 aliphatic rings. The largest absolute Gasteiger partial charge is 0.478 e. The molecule has 0 aromatic carbocycles. The smallest absolute Gasteiger partial charge is 0.337 e. The van der Waals surface area contributed by atoms with Crippen molar-refractivity contribution in [2.75, 3.05) is 0 Å². The van der Waals surface area contributed by atoms with Crippen LogP contribution >= 0.6 is 0 Å². The van der Waals surface area contributed by atoms with Crippen LogP contribution in [0.4, 0.5) is 0 Å². The van der Waals surface area contributed by atoms with Gasteiger partial charge in [0.2, 0.25) is 0 Å². The second-order valence-electron chi connectivity index (χ2n) is 4.95. The van der Waals surface area contributed by atoms with Gasteiger partial charge < -0.3 is 5.11 Å². The number of nitrogens with zero attached hydrogens (tertiary/aromatic N) is 3. The zero-order chi connectivity index (χ0) is 15.2. The molecule has 0 spiro atoms. The van der Waals surface area contributed by atoms with Gasteiger partial charge in [-0.05, 0) is 11.5 Å². The van der Waals surface area contributed by atoms with Crippen molar-refractivity contribution in [3.05, 3.63) is 38.2 Å². The summed E-state index contributed by atoms with van der Waals surface area (Å²) in [4.78, 5) is 39.5. The maximum Gasteiger partial charge on any atom is 0.337 e. The third-order valence-corrected chi connectivity index (χ3v) is 3.32. The summed E-state index contributed by atoms with van der Waals surface area (Å²) in [6.45, 7) is 3.59. The summed E-state index contributed by atoms with van der Waals surface area (Å²) in [6, 6.07) is 0. The molecule has 2 rings (SSSR count). The minimum absolute atomic E-state index is 0.0109. The molecule has 0 aliphatic heterocycles. The van der Waals surface area contributed by atoms with E-state index in [0.717, 1.165) is 4.57 Å². The van der Waals surface area contributed by atoms with Crippen molar-refractivity contribution in [3.8, 4) is 0 Å². The molecule has 2 aromatic rings. The zero-order valence-corrected chi connectivity index (χ0v) is 11.7. The number of carboxylic acid groups (broad SMARTS) is 1. The first-order valence-electron chi connectivity index (χ1n) is 6.09. The maximum absolute atomic E-state index is 12.3. The van der Waals surface area contributed by atoms with Crippen LogP contribution < -0.4 is 11.2 Å². The summed E-state index contributed by atoms with van der Waals surface area (Å²) in [7, 11) is 2.86. The Morgan fingerprint density at radius 2 is 1.85 bits per heavy atom. The SMILES string of the molecule is CC(C)c1c(C(=O)O)cnc2c1c(=O)n(C)c(=O)n2C. The normalized spacial score (nSPS) is 11.2. The van der Waals surface area contributed by atoms with E-state index in [2.05, 4.69) is 4.98 Å². The number of carboxylic acids is 1. The number of aromatic carboxylic acids is 1. The van der Waals surface area contributed by atoms with Gasteiger partial charge in [-0.3, -0.25) is 13.9 Å². The zero-order valence-electron chi connectivity index (χ0n) is 11.7. The minimum atomic E-state index is -1.14. The van der Waals surface area contributed by atoms with Crippen molar-refractivity contribution < 1.29 is 9.90 Å². The average Bonchev–Trinajstić information content (AvgIpc) is 2.40. The molecule has 0 saturated heterocycles. The highest BCUT2D eigenvalue weighted by molar-refractivity contribution is 5.95. The Kier molecular flexibility index (Phi) is 3.21. The van der Waals surface area contributed by atoms with Gasteiger partial charge in [0.1, 0.15) is 5.65 Å². The highest BCUT2D eigenvalue weighted by atomic mass is 16.4. The summed E-state index contributed by atoms with van der Waals surface area (Å²) >= 11 is 0. The van der Waals surface area contributed by atoms with Gasteiger partial charge in [0.25, 0.3) is 5.56 Å².